The van der Waals surface area contributed by atoms with E-state index in [0.29, 0.717) is 0 Å². The summed E-state index contributed by atoms with van der Waals surface area (Å²) >= 11 is 0. The predicted molar refractivity (Wildman–Crippen MR) is 69.3 cm³/mol. The molecule has 0 saturated heterocycles. The molecule has 0 fully saturated rings. The van der Waals surface area contributed by atoms with Gasteiger partial charge in [-0.3, -0.25) is 0 Å². The molecule has 3 aromatic carbocycles. The standard InChI is InChI=1S/C11H4F5.C5H5.Fe/c12-7-6(5-3-1-2-4-5)8(13)10(15)11(16)9(7)14;1-2-4-5-3-1;/h1-4H;1-5H;/q-1;-5;. The summed E-state index contributed by atoms with van der Waals surface area (Å²) in [6.07, 6.45) is 0. The molecule has 22 heavy (non-hydrogen) atoms. The normalized spacial score (nSPS) is 9.68. The van der Waals surface area contributed by atoms with E-state index in [2.05, 4.69) is 0 Å². The van der Waals surface area contributed by atoms with E-state index in [1.807, 2.05) is 30.3 Å². The van der Waals surface area contributed by atoms with Crippen molar-refractivity contribution in [1.29, 1.82) is 0 Å². The van der Waals surface area contributed by atoms with Gasteiger partial charge < -0.3 is 30.3 Å². The Bertz CT molecular complexity index is 656. The van der Waals surface area contributed by atoms with Crippen LogP contribution in [-0.2, 0) is 17.1 Å². The molecule has 3 aromatic rings. The number of halogens is 5. The third kappa shape index (κ3) is 3.64. The maximum Gasteiger partial charge on any atom is 0.185 e. The van der Waals surface area contributed by atoms with Crippen molar-refractivity contribution in [2.75, 3.05) is 0 Å². The van der Waals surface area contributed by atoms with Crippen LogP contribution in [0.4, 0.5) is 22.0 Å². The van der Waals surface area contributed by atoms with E-state index in [0.717, 1.165) is 0 Å². The molecule has 0 aliphatic rings. The quantitative estimate of drug-likeness (QED) is 0.186. The minimum absolute atomic E-state index is 0. The van der Waals surface area contributed by atoms with Crippen molar-refractivity contribution in [2.24, 2.45) is 0 Å². The summed E-state index contributed by atoms with van der Waals surface area (Å²) in [5.74, 6) is -9.65. The van der Waals surface area contributed by atoms with E-state index in [1.54, 1.807) is 0 Å². The van der Waals surface area contributed by atoms with Crippen LogP contribution in [0.15, 0.2) is 54.6 Å². The molecule has 0 radical (unpaired) electrons. The van der Waals surface area contributed by atoms with Crippen molar-refractivity contribution < 1.29 is 39.0 Å². The summed E-state index contributed by atoms with van der Waals surface area (Å²) in [6.45, 7) is 0. The summed E-state index contributed by atoms with van der Waals surface area (Å²) in [4.78, 5) is 0. The van der Waals surface area contributed by atoms with E-state index in [4.69, 9.17) is 0 Å². The molecule has 0 saturated carbocycles. The number of hydrogen-bond acceptors (Lipinski definition) is 0. The topological polar surface area (TPSA) is 0 Å². The number of benzene rings is 1. The average Bonchev–Trinajstić information content (AvgIpc) is 3.18. The summed E-state index contributed by atoms with van der Waals surface area (Å²) in [6, 6.07) is 15.4. The van der Waals surface area contributed by atoms with E-state index in [1.165, 1.54) is 24.3 Å². The molecule has 0 N–H and O–H groups in total. The van der Waals surface area contributed by atoms with Gasteiger partial charge in [-0.05, 0) is 5.56 Å². The zero-order valence-corrected chi connectivity index (χ0v) is 12.0. The van der Waals surface area contributed by atoms with Crippen LogP contribution in [0.3, 0.4) is 0 Å². The second-order valence-electron chi connectivity index (χ2n) is 4.08. The molecule has 0 aromatic heterocycles. The molecule has 0 spiro atoms. The van der Waals surface area contributed by atoms with Crippen LogP contribution in [0.5, 0.6) is 0 Å². The molecule has 0 nitrogen and oxygen atoms in total. The molecule has 0 aliphatic carbocycles. The molecule has 3 rings (SSSR count). The van der Waals surface area contributed by atoms with Crippen LogP contribution < -0.4 is 0 Å². The molecule has 122 valence electrons. The average molecular weight is 352 g/mol. The first-order chi connectivity index (χ1) is 10.0. The van der Waals surface area contributed by atoms with Crippen molar-refractivity contribution in [3.05, 3.63) is 83.7 Å². The van der Waals surface area contributed by atoms with E-state index in [-0.39, 0.29) is 22.6 Å². The Hall–Kier alpha value is -1.91. The molecule has 0 atom stereocenters. The van der Waals surface area contributed by atoms with Gasteiger partial charge in [-0.1, -0.05) is 5.56 Å². The fraction of sp³-hybridized carbons (Fsp3) is 0. The van der Waals surface area contributed by atoms with Crippen LogP contribution in [0.2, 0.25) is 0 Å². The fourth-order valence-corrected chi connectivity index (χ4v) is 1.72. The van der Waals surface area contributed by atoms with Crippen molar-refractivity contribution in [2.45, 2.75) is 0 Å². The third-order valence-electron chi connectivity index (χ3n) is 2.72. The van der Waals surface area contributed by atoms with Crippen LogP contribution in [0, 0.1) is 29.1 Å². The maximum absolute atomic E-state index is 13.2. The van der Waals surface area contributed by atoms with Crippen LogP contribution in [0.25, 0.3) is 11.1 Å². The van der Waals surface area contributed by atoms with Crippen molar-refractivity contribution >= 4 is 0 Å². The molecule has 0 bridgehead atoms. The molecular formula is C16H9F5Fe-6. The van der Waals surface area contributed by atoms with Gasteiger partial charge in [0.15, 0.2) is 17.5 Å². The van der Waals surface area contributed by atoms with Gasteiger partial charge in [0.05, 0.1) is 0 Å². The monoisotopic (exact) mass is 352 g/mol. The number of rotatable bonds is 1. The first-order valence-electron chi connectivity index (χ1n) is 5.94. The zero-order valence-electron chi connectivity index (χ0n) is 10.9. The molecule has 6 heteroatoms. The fourth-order valence-electron chi connectivity index (χ4n) is 1.72. The number of hydrogen-bond donors (Lipinski definition) is 0. The molecule has 0 heterocycles. The van der Waals surface area contributed by atoms with Crippen molar-refractivity contribution in [3.63, 3.8) is 0 Å². The van der Waals surface area contributed by atoms with E-state index < -0.39 is 34.6 Å². The molecule has 0 amide bonds. The van der Waals surface area contributed by atoms with Gasteiger partial charge >= 0.3 is 0 Å². The van der Waals surface area contributed by atoms with Gasteiger partial charge in [-0.2, -0.15) is 12.1 Å². The Labute approximate surface area is 134 Å². The Kier molecular flexibility index (Phi) is 6.53. The van der Waals surface area contributed by atoms with Gasteiger partial charge in [-0.25, -0.2) is 22.0 Å². The maximum atomic E-state index is 13.2. The van der Waals surface area contributed by atoms with Crippen LogP contribution >= 0.6 is 0 Å². The molecule has 0 aliphatic heterocycles. The zero-order chi connectivity index (χ0) is 15.4. The summed E-state index contributed by atoms with van der Waals surface area (Å²) in [5.41, 5.74) is -0.950. The minimum Gasteiger partial charge on any atom is -0.748 e. The smallest absolute Gasteiger partial charge is 0.185 e. The Morgan fingerprint density at radius 1 is 0.591 bits per heavy atom. The van der Waals surface area contributed by atoms with Crippen LogP contribution in [0.1, 0.15) is 0 Å². The van der Waals surface area contributed by atoms with Crippen LogP contribution in [-0.4, -0.2) is 0 Å². The largest absolute Gasteiger partial charge is 0.748 e. The van der Waals surface area contributed by atoms with Crippen molar-refractivity contribution in [1.82, 2.24) is 0 Å². The Morgan fingerprint density at radius 3 is 1.27 bits per heavy atom. The first-order valence-corrected chi connectivity index (χ1v) is 5.94. The minimum atomic E-state index is -2.15. The Morgan fingerprint density at radius 2 is 0.909 bits per heavy atom. The van der Waals surface area contributed by atoms with E-state index in [9.17, 15) is 22.0 Å². The summed E-state index contributed by atoms with van der Waals surface area (Å²) in [5, 5.41) is 0. The second kappa shape index (κ2) is 7.92. The molecular weight excluding hydrogens is 343 g/mol. The van der Waals surface area contributed by atoms with Gasteiger partial charge in [0, 0.05) is 17.1 Å². The Balaban J connectivity index is 0.000000344. The first kappa shape index (κ1) is 18.1. The second-order valence-corrected chi connectivity index (χ2v) is 4.08. The summed E-state index contributed by atoms with van der Waals surface area (Å²) < 4.78 is 64.9. The van der Waals surface area contributed by atoms with Gasteiger partial charge in [0.1, 0.15) is 11.6 Å². The SMILES string of the molecule is Fc1c(F)c(F)c(-[c-]2cccc2)c(F)c1F.[Fe].[cH-]1[cH-][cH-][cH-][cH-]1. The molecule has 0 unspecified atom stereocenters. The van der Waals surface area contributed by atoms with Crippen molar-refractivity contribution in [3.8, 4) is 11.1 Å². The van der Waals surface area contributed by atoms with Gasteiger partial charge in [-0.15, -0.1) is 12.1 Å². The summed E-state index contributed by atoms with van der Waals surface area (Å²) in [7, 11) is 0. The predicted octanol–water partition coefficient (Wildman–Crippen LogP) is 5.17. The van der Waals surface area contributed by atoms with E-state index >= 15 is 0 Å². The van der Waals surface area contributed by atoms with Gasteiger partial charge in [0.2, 0.25) is 0 Å². The van der Waals surface area contributed by atoms with Gasteiger partial charge in [0.25, 0.3) is 0 Å². The third-order valence-corrected chi connectivity index (χ3v) is 2.72.